The number of Topliss-reactive ketones (excluding diaryl/α,β-unsaturated/α-hetero) is 1. The summed E-state index contributed by atoms with van der Waals surface area (Å²) in [6.45, 7) is 1.57. The van der Waals surface area contributed by atoms with E-state index in [1.54, 1.807) is 0 Å². The van der Waals surface area contributed by atoms with Crippen LogP contribution in [0, 0.1) is 5.92 Å². The van der Waals surface area contributed by atoms with Gasteiger partial charge in [-0.3, -0.25) is 9.69 Å². The molecular weight excluding hydrogens is 321 g/mol. The maximum absolute atomic E-state index is 13.3. The van der Waals surface area contributed by atoms with E-state index in [0.29, 0.717) is 35.0 Å². The second kappa shape index (κ2) is 5.43. The van der Waals surface area contributed by atoms with Crippen molar-refractivity contribution in [1.82, 2.24) is 10.2 Å². The Bertz CT molecular complexity index is 638. The van der Waals surface area contributed by atoms with E-state index in [4.69, 9.17) is 4.74 Å². The molecular formula is C17H21F3N2O2. The van der Waals surface area contributed by atoms with Crippen LogP contribution in [0.2, 0.25) is 0 Å². The Labute approximate surface area is 138 Å². The van der Waals surface area contributed by atoms with Crippen LogP contribution in [-0.4, -0.2) is 35.7 Å². The first-order valence-electron chi connectivity index (χ1n) is 8.61. The fourth-order valence-electron chi connectivity index (χ4n) is 4.44. The van der Waals surface area contributed by atoms with E-state index in [-0.39, 0.29) is 24.3 Å². The number of allylic oxidation sites excluding steroid dienone is 3. The number of alkyl halides is 3. The maximum atomic E-state index is 13.3. The Morgan fingerprint density at radius 2 is 2.08 bits per heavy atom. The highest BCUT2D eigenvalue weighted by Gasteiger charge is 2.47. The second-order valence-corrected chi connectivity index (χ2v) is 7.16. The summed E-state index contributed by atoms with van der Waals surface area (Å²) in [4.78, 5) is 12.2. The zero-order chi connectivity index (χ0) is 17.1. The van der Waals surface area contributed by atoms with Crippen molar-refractivity contribution in [2.75, 3.05) is 6.54 Å². The number of rotatable bonds is 1. The average Bonchev–Trinajstić information content (AvgIpc) is 2.93. The number of nitrogens with one attached hydrogen (secondary N) is 1. The van der Waals surface area contributed by atoms with E-state index >= 15 is 0 Å². The lowest BCUT2D eigenvalue weighted by Crippen LogP contribution is -2.48. The monoisotopic (exact) mass is 342 g/mol. The van der Waals surface area contributed by atoms with Gasteiger partial charge in [0.1, 0.15) is 11.9 Å². The van der Waals surface area contributed by atoms with Gasteiger partial charge in [0.15, 0.2) is 5.78 Å². The van der Waals surface area contributed by atoms with Gasteiger partial charge in [0, 0.05) is 17.7 Å². The summed E-state index contributed by atoms with van der Waals surface area (Å²) >= 11 is 0. The molecule has 0 amide bonds. The van der Waals surface area contributed by atoms with Gasteiger partial charge in [-0.25, -0.2) is 0 Å². The molecule has 2 aliphatic carbocycles. The number of fused-ring (bicyclic) bond motifs is 2. The third kappa shape index (κ3) is 2.48. The molecule has 7 heteroatoms. The van der Waals surface area contributed by atoms with Crippen molar-refractivity contribution < 1.29 is 22.7 Å². The van der Waals surface area contributed by atoms with Crippen molar-refractivity contribution in [2.45, 2.75) is 63.9 Å². The molecule has 2 aliphatic heterocycles. The lowest BCUT2D eigenvalue weighted by Gasteiger charge is -2.41. The summed E-state index contributed by atoms with van der Waals surface area (Å²) in [5.74, 6) is 0.682. The van der Waals surface area contributed by atoms with E-state index < -0.39 is 18.6 Å². The van der Waals surface area contributed by atoms with Gasteiger partial charge < -0.3 is 10.1 Å². The minimum atomic E-state index is -4.53. The molecule has 1 N–H and O–H groups in total. The van der Waals surface area contributed by atoms with Gasteiger partial charge in [0.2, 0.25) is 0 Å². The summed E-state index contributed by atoms with van der Waals surface area (Å²) in [7, 11) is 0. The number of hydrogen-bond acceptors (Lipinski definition) is 4. The lowest BCUT2D eigenvalue weighted by molar-refractivity contribution is -0.234. The molecule has 0 saturated heterocycles. The first-order valence-corrected chi connectivity index (χ1v) is 8.61. The van der Waals surface area contributed by atoms with Crippen molar-refractivity contribution in [3.63, 3.8) is 0 Å². The van der Waals surface area contributed by atoms with Crippen molar-refractivity contribution in [3.8, 4) is 0 Å². The maximum Gasteiger partial charge on any atom is 0.485 e. The van der Waals surface area contributed by atoms with Crippen molar-refractivity contribution in [3.05, 3.63) is 22.7 Å². The molecule has 0 bridgehead atoms. The van der Waals surface area contributed by atoms with Crippen LogP contribution in [0.5, 0.6) is 0 Å². The van der Waals surface area contributed by atoms with E-state index in [2.05, 4.69) is 12.2 Å². The van der Waals surface area contributed by atoms with E-state index in [1.807, 2.05) is 0 Å². The van der Waals surface area contributed by atoms with E-state index in [9.17, 15) is 18.0 Å². The molecule has 24 heavy (non-hydrogen) atoms. The Kier molecular flexibility index (Phi) is 3.58. The SMILES string of the molecule is CCC1CC2NC3=C(OC2C1)C1=C(CC3)N(C(F)(F)F)CC(=O)C1. The second-order valence-electron chi connectivity index (χ2n) is 7.16. The van der Waals surface area contributed by atoms with E-state index in [0.717, 1.165) is 25.0 Å². The van der Waals surface area contributed by atoms with Gasteiger partial charge >= 0.3 is 6.30 Å². The van der Waals surface area contributed by atoms with Crippen molar-refractivity contribution >= 4 is 5.78 Å². The van der Waals surface area contributed by atoms with Crippen LogP contribution in [0.4, 0.5) is 13.2 Å². The molecule has 1 fully saturated rings. The van der Waals surface area contributed by atoms with Crippen LogP contribution >= 0.6 is 0 Å². The standard InChI is InChI=1S/C17H21F3N2O2/c1-2-9-5-13-15(6-9)24-16-11-7-10(23)8-22(17(18,19)20)14(11)4-3-12(16)21-13/h9,13,15,21H,2-8H2,1H3. The number of nitrogens with zero attached hydrogens (tertiary/aromatic N) is 1. The molecule has 0 spiro atoms. The van der Waals surface area contributed by atoms with Gasteiger partial charge in [-0.1, -0.05) is 13.3 Å². The van der Waals surface area contributed by atoms with Crippen molar-refractivity contribution in [1.29, 1.82) is 0 Å². The van der Waals surface area contributed by atoms with E-state index in [1.165, 1.54) is 0 Å². The molecule has 2 heterocycles. The molecule has 0 aromatic carbocycles. The molecule has 0 aromatic heterocycles. The molecule has 4 nitrogen and oxygen atoms in total. The van der Waals surface area contributed by atoms with Crippen LogP contribution in [0.25, 0.3) is 0 Å². The predicted octanol–water partition coefficient (Wildman–Crippen LogP) is 3.22. The number of carbonyl (C=O) groups is 1. The molecule has 4 aliphatic rings. The average molecular weight is 342 g/mol. The topological polar surface area (TPSA) is 41.6 Å². The minimum absolute atomic E-state index is 0.00286. The number of hydrogen-bond donors (Lipinski definition) is 1. The zero-order valence-electron chi connectivity index (χ0n) is 13.6. The fourth-order valence-corrected chi connectivity index (χ4v) is 4.44. The lowest BCUT2D eigenvalue weighted by atomic mass is 9.89. The van der Waals surface area contributed by atoms with Crippen LogP contribution in [0.15, 0.2) is 22.7 Å². The minimum Gasteiger partial charge on any atom is -0.486 e. The number of carbonyl (C=O) groups excluding carboxylic acids is 1. The summed E-state index contributed by atoms with van der Waals surface area (Å²) in [6, 6.07) is 0.244. The molecule has 3 unspecified atom stereocenters. The number of ether oxygens (including phenoxy) is 1. The first-order chi connectivity index (χ1) is 11.4. The Morgan fingerprint density at radius 3 is 2.79 bits per heavy atom. The van der Waals surface area contributed by atoms with Crippen LogP contribution < -0.4 is 5.32 Å². The molecule has 0 radical (unpaired) electrons. The predicted molar refractivity (Wildman–Crippen MR) is 80.5 cm³/mol. The van der Waals surface area contributed by atoms with Crippen LogP contribution in [0.1, 0.15) is 45.4 Å². The highest BCUT2D eigenvalue weighted by molar-refractivity contribution is 5.85. The zero-order valence-corrected chi connectivity index (χ0v) is 13.6. The fraction of sp³-hybridized carbons (Fsp3) is 0.706. The molecule has 3 atom stereocenters. The van der Waals surface area contributed by atoms with Gasteiger partial charge in [0.05, 0.1) is 18.3 Å². The van der Waals surface area contributed by atoms with Gasteiger partial charge in [-0.15, -0.1) is 0 Å². The number of halogens is 3. The Morgan fingerprint density at radius 1 is 1.29 bits per heavy atom. The molecule has 4 rings (SSSR count). The normalized spacial score (nSPS) is 32.9. The highest BCUT2D eigenvalue weighted by Crippen LogP contribution is 2.45. The summed E-state index contributed by atoms with van der Waals surface area (Å²) in [6.07, 6.45) is -0.645. The molecule has 0 aromatic rings. The quantitative estimate of drug-likeness (QED) is 0.743. The summed E-state index contributed by atoms with van der Waals surface area (Å²) in [5, 5.41) is 3.49. The Balaban J connectivity index is 1.68. The van der Waals surface area contributed by atoms with Gasteiger partial charge in [0.25, 0.3) is 0 Å². The molecule has 132 valence electrons. The van der Waals surface area contributed by atoms with Gasteiger partial charge in [-0.2, -0.15) is 13.2 Å². The first kappa shape index (κ1) is 15.8. The largest absolute Gasteiger partial charge is 0.486 e. The highest BCUT2D eigenvalue weighted by atomic mass is 19.4. The number of ketones is 1. The summed E-state index contributed by atoms with van der Waals surface area (Å²) in [5.41, 5.74) is 1.53. The smallest absolute Gasteiger partial charge is 0.485 e. The molecule has 1 saturated carbocycles. The Hall–Kier alpha value is -1.66. The third-order valence-electron chi connectivity index (χ3n) is 5.66. The third-order valence-corrected chi connectivity index (χ3v) is 5.66. The van der Waals surface area contributed by atoms with Gasteiger partial charge in [-0.05, 0) is 31.6 Å². The van der Waals surface area contributed by atoms with Crippen LogP contribution in [-0.2, 0) is 9.53 Å². The van der Waals surface area contributed by atoms with Crippen molar-refractivity contribution in [2.24, 2.45) is 5.92 Å². The van der Waals surface area contributed by atoms with Crippen LogP contribution in [0.3, 0.4) is 0 Å². The summed E-state index contributed by atoms with van der Waals surface area (Å²) < 4.78 is 46.0.